The smallest absolute Gasteiger partial charge is 0.292 e. The second-order valence-electron chi connectivity index (χ2n) is 5.61. The number of nitrogens with one attached hydrogen (secondary N) is 1. The van der Waals surface area contributed by atoms with Crippen molar-refractivity contribution in [1.82, 2.24) is 4.90 Å². The maximum Gasteiger partial charge on any atom is 0.292 e. The van der Waals surface area contributed by atoms with Crippen molar-refractivity contribution in [3.8, 4) is 0 Å². The topological polar surface area (TPSA) is 67.6 Å². The molecule has 1 saturated heterocycles. The summed E-state index contributed by atoms with van der Waals surface area (Å²) in [4.78, 5) is 13.0. The summed E-state index contributed by atoms with van der Waals surface area (Å²) < 4.78 is 5.37. The van der Waals surface area contributed by atoms with Crippen molar-refractivity contribution in [3.63, 3.8) is 0 Å². The zero-order valence-electron chi connectivity index (χ0n) is 12.7. The van der Waals surface area contributed by atoms with Gasteiger partial charge in [0, 0.05) is 39.4 Å². The molecule has 2 rings (SSSR count). The third kappa shape index (κ3) is 4.41. The molecule has 1 aromatic rings. The highest BCUT2D eigenvalue weighted by atomic mass is 16.6. The fourth-order valence-corrected chi connectivity index (χ4v) is 2.78. The number of nitro groups is 1. The summed E-state index contributed by atoms with van der Waals surface area (Å²) in [6, 6.07) is 5.38. The maximum absolute atomic E-state index is 11.1. The number of rotatable bonds is 6. The van der Waals surface area contributed by atoms with Gasteiger partial charge < -0.3 is 15.0 Å². The van der Waals surface area contributed by atoms with Crippen LogP contribution in [0.15, 0.2) is 18.2 Å². The van der Waals surface area contributed by atoms with Crippen molar-refractivity contribution >= 4 is 11.4 Å². The minimum atomic E-state index is -0.339. The van der Waals surface area contributed by atoms with Gasteiger partial charge in [-0.3, -0.25) is 10.1 Å². The molecule has 1 fully saturated rings. The van der Waals surface area contributed by atoms with E-state index in [0.717, 1.165) is 44.7 Å². The molecule has 0 aliphatic carbocycles. The number of nitrogens with zero attached hydrogens (tertiary/aromatic N) is 2. The SMILES string of the molecule is CNc1ccc(CN(C)CC2CCOCC2)cc1[N+](=O)[O-]. The predicted octanol–water partition coefficient (Wildman–Crippen LogP) is 2.49. The Morgan fingerprint density at radius 1 is 1.43 bits per heavy atom. The average Bonchev–Trinajstić information content (AvgIpc) is 2.48. The molecular formula is C15H23N3O3. The third-order valence-electron chi connectivity index (χ3n) is 3.89. The Labute approximate surface area is 125 Å². The van der Waals surface area contributed by atoms with Crippen LogP contribution in [-0.2, 0) is 11.3 Å². The van der Waals surface area contributed by atoms with E-state index in [-0.39, 0.29) is 10.6 Å². The number of hydrogen-bond acceptors (Lipinski definition) is 5. The van der Waals surface area contributed by atoms with Crippen molar-refractivity contribution in [2.75, 3.05) is 39.2 Å². The van der Waals surface area contributed by atoms with Gasteiger partial charge in [-0.25, -0.2) is 0 Å². The highest BCUT2D eigenvalue weighted by Crippen LogP contribution is 2.26. The van der Waals surface area contributed by atoms with E-state index in [4.69, 9.17) is 4.74 Å². The first-order valence-electron chi connectivity index (χ1n) is 7.31. The third-order valence-corrected chi connectivity index (χ3v) is 3.89. The van der Waals surface area contributed by atoms with Crippen LogP contribution in [0.3, 0.4) is 0 Å². The molecule has 0 radical (unpaired) electrons. The van der Waals surface area contributed by atoms with Gasteiger partial charge in [0.1, 0.15) is 5.69 Å². The first-order chi connectivity index (χ1) is 10.1. The molecule has 0 spiro atoms. The van der Waals surface area contributed by atoms with Crippen LogP contribution in [0.2, 0.25) is 0 Å². The van der Waals surface area contributed by atoms with Crippen molar-refractivity contribution in [2.24, 2.45) is 5.92 Å². The normalized spacial score (nSPS) is 16.1. The Bertz CT molecular complexity index is 487. The summed E-state index contributed by atoms with van der Waals surface area (Å²) >= 11 is 0. The van der Waals surface area contributed by atoms with Crippen LogP contribution in [0, 0.1) is 16.0 Å². The van der Waals surface area contributed by atoms with Gasteiger partial charge in [0.05, 0.1) is 4.92 Å². The predicted molar refractivity (Wildman–Crippen MR) is 82.5 cm³/mol. The van der Waals surface area contributed by atoms with E-state index < -0.39 is 0 Å². The van der Waals surface area contributed by atoms with Crippen LogP contribution in [0.5, 0.6) is 0 Å². The second kappa shape index (κ2) is 7.38. The molecule has 1 aliphatic rings. The van der Waals surface area contributed by atoms with Crippen LogP contribution in [-0.4, -0.2) is 43.7 Å². The van der Waals surface area contributed by atoms with Crippen LogP contribution < -0.4 is 5.32 Å². The first-order valence-corrected chi connectivity index (χ1v) is 7.31. The lowest BCUT2D eigenvalue weighted by Crippen LogP contribution is -2.29. The molecular weight excluding hydrogens is 270 g/mol. The zero-order chi connectivity index (χ0) is 15.2. The number of benzene rings is 1. The van der Waals surface area contributed by atoms with Crippen LogP contribution >= 0.6 is 0 Å². The summed E-state index contributed by atoms with van der Waals surface area (Å²) in [7, 11) is 3.76. The quantitative estimate of drug-likeness (QED) is 0.644. The molecule has 1 aliphatic heterocycles. The molecule has 0 bridgehead atoms. The Balaban J connectivity index is 1.98. The molecule has 1 aromatic carbocycles. The zero-order valence-corrected chi connectivity index (χ0v) is 12.7. The van der Waals surface area contributed by atoms with Crippen molar-refractivity contribution in [3.05, 3.63) is 33.9 Å². The van der Waals surface area contributed by atoms with Crippen molar-refractivity contribution < 1.29 is 9.66 Å². The van der Waals surface area contributed by atoms with Gasteiger partial charge >= 0.3 is 0 Å². The Morgan fingerprint density at radius 3 is 2.76 bits per heavy atom. The largest absolute Gasteiger partial charge is 0.383 e. The van der Waals surface area contributed by atoms with Gasteiger partial charge in [0.25, 0.3) is 5.69 Å². The van der Waals surface area contributed by atoms with Gasteiger partial charge in [0.15, 0.2) is 0 Å². The van der Waals surface area contributed by atoms with Gasteiger partial charge in [-0.15, -0.1) is 0 Å². The van der Waals surface area contributed by atoms with Gasteiger partial charge in [0.2, 0.25) is 0 Å². The lowest BCUT2D eigenvalue weighted by Gasteiger charge is -2.27. The minimum Gasteiger partial charge on any atom is -0.383 e. The molecule has 0 aromatic heterocycles. The van der Waals surface area contributed by atoms with Gasteiger partial charge in [-0.05, 0) is 37.4 Å². The Hall–Kier alpha value is -1.66. The van der Waals surface area contributed by atoms with E-state index >= 15 is 0 Å². The molecule has 0 atom stereocenters. The number of ether oxygens (including phenoxy) is 1. The van der Waals surface area contributed by atoms with Crippen molar-refractivity contribution in [2.45, 2.75) is 19.4 Å². The first kappa shape index (κ1) is 15.7. The number of anilines is 1. The van der Waals surface area contributed by atoms with Crippen LogP contribution in [0.4, 0.5) is 11.4 Å². The second-order valence-corrected chi connectivity index (χ2v) is 5.61. The van der Waals surface area contributed by atoms with E-state index in [2.05, 4.69) is 17.3 Å². The van der Waals surface area contributed by atoms with Gasteiger partial charge in [-0.1, -0.05) is 6.07 Å². The molecule has 1 N–H and O–H groups in total. The molecule has 1 heterocycles. The van der Waals surface area contributed by atoms with E-state index in [9.17, 15) is 10.1 Å². The van der Waals surface area contributed by atoms with Crippen LogP contribution in [0.25, 0.3) is 0 Å². The standard InChI is InChI=1S/C15H23N3O3/c1-16-14-4-3-13(9-15(14)18(19)20)11-17(2)10-12-5-7-21-8-6-12/h3-4,9,12,16H,5-8,10-11H2,1-2H3. The number of nitro benzene ring substituents is 1. The van der Waals surface area contributed by atoms with E-state index in [0.29, 0.717) is 11.6 Å². The number of hydrogen-bond donors (Lipinski definition) is 1. The average molecular weight is 293 g/mol. The highest BCUT2D eigenvalue weighted by Gasteiger charge is 2.17. The molecule has 6 nitrogen and oxygen atoms in total. The molecule has 116 valence electrons. The summed E-state index contributed by atoms with van der Waals surface area (Å²) in [6.45, 7) is 3.43. The highest BCUT2D eigenvalue weighted by molar-refractivity contribution is 5.62. The Kier molecular flexibility index (Phi) is 5.52. The maximum atomic E-state index is 11.1. The molecule has 0 amide bonds. The Morgan fingerprint density at radius 2 is 2.14 bits per heavy atom. The summed E-state index contributed by atoms with van der Waals surface area (Å²) in [5.41, 5.74) is 1.65. The van der Waals surface area contributed by atoms with E-state index in [1.54, 1.807) is 19.2 Å². The molecule has 0 saturated carbocycles. The monoisotopic (exact) mass is 293 g/mol. The lowest BCUT2D eigenvalue weighted by atomic mass is 9.99. The van der Waals surface area contributed by atoms with Crippen LogP contribution in [0.1, 0.15) is 18.4 Å². The summed E-state index contributed by atoms with van der Waals surface area (Å²) in [5.74, 6) is 0.662. The molecule has 21 heavy (non-hydrogen) atoms. The fraction of sp³-hybridized carbons (Fsp3) is 0.600. The van der Waals surface area contributed by atoms with E-state index in [1.165, 1.54) is 0 Å². The molecule has 0 unspecified atom stereocenters. The lowest BCUT2D eigenvalue weighted by molar-refractivity contribution is -0.384. The molecule has 6 heteroatoms. The minimum absolute atomic E-state index is 0.134. The van der Waals surface area contributed by atoms with Crippen molar-refractivity contribution in [1.29, 1.82) is 0 Å². The van der Waals surface area contributed by atoms with E-state index in [1.807, 2.05) is 6.07 Å². The summed E-state index contributed by atoms with van der Waals surface area (Å²) in [5, 5.41) is 13.9. The summed E-state index contributed by atoms with van der Waals surface area (Å²) in [6.07, 6.45) is 2.20. The van der Waals surface area contributed by atoms with Gasteiger partial charge in [-0.2, -0.15) is 0 Å². The fourth-order valence-electron chi connectivity index (χ4n) is 2.78.